The average molecular weight is 354 g/mol. The van der Waals surface area contributed by atoms with Crippen LogP contribution in [0.1, 0.15) is 43.0 Å². The Balaban J connectivity index is 1.72. The standard InChI is InChI=1S/C19H22N4O3/c24-11-10-23-17-15(20-16(21-17)14-8-4-5-9-14)18(25)22-19(23)26-12-13-6-2-1-3-7-13/h1-3,6-7,14,24H,4-5,8-12H2,(H,20,21). The lowest BCUT2D eigenvalue weighted by Gasteiger charge is -2.12. The average Bonchev–Trinajstić information content (AvgIpc) is 3.33. The zero-order valence-corrected chi connectivity index (χ0v) is 14.5. The Hall–Kier alpha value is -2.67. The Morgan fingerprint density at radius 3 is 2.69 bits per heavy atom. The molecule has 0 saturated heterocycles. The summed E-state index contributed by atoms with van der Waals surface area (Å²) < 4.78 is 7.46. The third-order valence-electron chi connectivity index (χ3n) is 4.88. The fourth-order valence-corrected chi connectivity index (χ4v) is 3.55. The van der Waals surface area contributed by atoms with Crippen molar-refractivity contribution in [1.82, 2.24) is 19.5 Å². The fourth-order valence-electron chi connectivity index (χ4n) is 3.55. The number of aliphatic hydroxyl groups excluding tert-OH is 1. The second-order valence-corrected chi connectivity index (χ2v) is 6.65. The van der Waals surface area contributed by atoms with E-state index in [0.29, 0.717) is 23.7 Å². The molecule has 1 saturated carbocycles. The van der Waals surface area contributed by atoms with Gasteiger partial charge in [-0.15, -0.1) is 0 Å². The molecule has 26 heavy (non-hydrogen) atoms. The lowest BCUT2D eigenvalue weighted by Crippen LogP contribution is -2.18. The van der Waals surface area contributed by atoms with Crippen molar-refractivity contribution in [3.8, 4) is 6.01 Å². The van der Waals surface area contributed by atoms with Crippen LogP contribution >= 0.6 is 0 Å². The van der Waals surface area contributed by atoms with Crippen LogP contribution in [0.5, 0.6) is 6.01 Å². The topological polar surface area (TPSA) is 93.0 Å². The summed E-state index contributed by atoms with van der Waals surface area (Å²) in [5.41, 5.74) is 1.48. The molecule has 0 bridgehead atoms. The van der Waals surface area contributed by atoms with E-state index in [2.05, 4.69) is 15.0 Å². The molecule has 2 heterocycles. The minimum atomic E-state index is -0.381. The van der Waals surface area contributed by atoms with Gasteiger partial charge in [0.2, 0.25) is 0 Å². The van der Waals surface area contributed by atoms with Gasteiger partial charge >= 0.3 is 11.6 Å². The molecule has 0 atom stereocenters. The summed E-state index contributed by atoms with van der Waals surface area (Å²) in [5, 5.41) is 9.46. The van der Waals surface area contributed by atoms with Crippen molar-refractivity contribution in [2.75, 3.05) is 6.61 Å². The largest absolute Gasteiger partial charge is 0.460 e. The minimum absolute atomic E-state index is 0.0903. The number of imidazole rings is 1. The van der Waals surface area contributed by atoms with Gasteiger partial charge in [-0.2, -0.15) is 4.98 Å². The fraction of sp³-hybridized carbons (Fsp3) is 0.421. The van der Waals surface area contributed by atoms with Crippen LogP contribution in [0, 0.1) is 0 Å². The maximum atomic E-state index is 12.5. The van der Waals surface area contributed by atoms with Crippen LogP contribution < -0.4 is 10.3 Å². The third-order valence-corrected chi connectivity index (χ3v) is 4.88. The van der Waals surface area contributed by atoms with E-state index in [1.54, 1.807) is 4.57 Å². The maximum Gasteiger partial charge on any atom is 0.301 e. The molecule has 2 aromatic heterocycles. The number of benzene rings is 1. The number of ether oxygens (including phenoxy) is 1. The molecule has 0 amide bonds. The van der Waals surface area contributed by atoms with Crippen molar-refractivity contribution in [2.45, 2.75) is 44.8 Å². The summed E-state index contributed by atoms with van der Waals surface area (Å²) in [6, 6.07) is 9.86. The van der Waals surface area contributed by atoms with Gasteiger partial charge in [0.25, 0.3) is 0 Å². The lowest BCUT2D eigenvalue weighted by molar-refractivity contribution is 0.236. The van der Waals surface area contributed by atoms with Crippen LogP contribution in [0.2, 0.25) is 0 Å². The smallest absolute Gasteiger partial charge is 0.301 e. The monoisotopic (exact) mass is 354 g/mol. The zero-order valence-electron chi connectivity index (χ0n) is 14.5. The molecule has 0 radical (unpaired) electrons. The van der Waals surface area contributed by atoms with Gasteiger partial charge in [0, 0.05) is 5.92 Å². The second-order valence-electron chi connectivity index (χ2n) is 6.65. The van der Waals surface area contributed by atoms with Crippen LogP contribution in [0.15, 0.2) is 35.1 Å². The molecule has 0 unspecified atom stereocenters. The normalized spacial score (nSPS) is 15.0. The SMILES string of the molecule is O=c1nc(OCc2ccccc2)n(CCO)c2nc(C3CCCC3)[nH]c12. The summed E-state index contributed by atoms with van der Waals surface area (Å²) in [5.74, 6) is 1.20. The molecule has 1 aromatic carbocycles. The Labute approximate surface area is 150 Å². The predicted molar refractivity (Wildman–Crippen MR) is 97.2 cm³/mol. The number of aromatic amines is 1. The first-order valence-corrected chi connectivity index (χ1v) is 9.04. The number of rotatable bonds is 6. The third kappa shape index (κ3) is 3.22. The number of aliphatic hydroxyl groups is 1. The van der Waals surface area contributed by atoms with E-state index < -0.39 is 0 Å². The van der Waals surface area contributed by atoms with Crippen LogP contribution in [0.25, 0.3) is 11.2 Å². The van der Waals surface area contributed by atoms with Gasteiger partial charge in [-0.25, -0.2) is 4.98 Å². The summed E-state index contributed by atoms with van der Waals surface area (Å²) in [6.07, 6.45) is 4.54. The number of fused-ring (bicyclic) bond motifs is 1. The molecule has 0 spiro atoms. The predicted octanol–water partition coefficient (Wildman–Crippen LogP) is 2.35. The van der Waals surface area contributed by atoms with Crippen molar-refractivity contribution in [3.63, 3.8) is 0 Å². The van der Waals surface area contributed by atoms with Gasteiger partial charge in [0.05, 0.1) is 13.2 Å². The summed E-state index contributed by atoms with van der Waals surface area (Å²) in [6.45, 7) is 0.472. The van der Waals surface area contributed by atoms with E-state index in [0.717, 1.165) is 24.2 Å². The van der Waals surface area contributed by atoms with Crippen molar-refractivity contribution in [1.29, 1.82) is 0 Å². The molecule has 1 aliphatic carbocycles. The molecule has 1 aliphatic rings. The Morgan fingerprint density at radius 2 is 1.96 bits per heavy atom. The Bertz CT molecular complexity index is 943. The van der Waals surface area contributed by atoms with Crippen molar-refractivity contribution < 1.29 is 9.84 Å². The quantitative estimate of drug-likeness (QED) is 0.709. The molecule has 7 nitrogen and oxygen atoms in total. The van der Waals surface area contributed by atoms with Gasteiger partial charge in [-0.3, -0.25) is 9.36 Å². The number of nitrogens with one attached hydrogen (secondary N) is 1. The van der Waals surface area contributed by atoms with Crippen molar-refractivity contribution in [2.24, 2.45) is 0 Å². The van der Waals surface area contributed by atoms with Crippen LogP contribution in [-0.4, -0.2) is 31.2 Å². The maximum absolute atomic E-state index is 12.5. The van der Waals surface area contributed by atoms with Crippen LogP contribution in [-0.2, 0) is 13.2 Å². The molecular weight excluding hydrogens is 332 g/mol. The van der Waals surface area contributed by atoms with E-state index in [-0.39, 0.29) is 24.7 Å². The first kappa shape index (κ1) is 16.8. The lowest BCUT2D eigenvalue weighted by atomic mass is 10.1. The minimum Gasteiger partial charge on any atom is -0.460 e. The summed E-state index contributed by atoms with van der Waals surface area (Å²) >= 11 is 0. The highest BCUT2D eigenvalue weighted by atomic mass is 16.5. The van der Waals surface area contributed by atoms with Gasteiger partial charge in [-0.1, -0.05) is 43.2 Å². The zero-order chi connectivity index (χ0) is 17.9. The molecule has 2 N–H and O–H groups in total. The van der Waals surface area contributed by atoms with Gasteiger partial charge in [0.15, 0.2) is 11.2 Å². The second kappa shape index (κ2) is 7.29. The molecule has 3 aromatic rings. The first-order chi connectivity index (χ1) is 12.8. The molecule has 7 heteroatoms. The van der Waals surface area contributed by atoms with Crippen molar-refractivity contribution >= 4 is 11.2 Å². The van der Waals surface area contributed by atoms with Crippen molar-refractivity contribution in [3.05, 3.63) is 52.1 Å². The van der Waals surface area contributed by atoms with Gasteiger partial charge in [-0.05, 0) is 18.4 Å². The molecule has 136 valence electrons. The number of H-pyrrole nitrogens is 1. The number of aromatic nitrogens is 4. The van der Waals surface area contributed by atoms with E-state index in [9.17, 15) is 9.90 Å². The number of hydrogen-bond acceptors (Lipinski definition) is 5. The van der Waals surface area contributed by atoms with E-state index in [1.807, 2.05) is 30.3 Å². The Kier molecular flexibility index (Phi) is 4.71. The molecule has 4 rings (SSSR count). The Morgan fingerprint density at radius 1 is 1.19 bits per heavy atom. The summed E-state index contributed by atoms with van der Waals surface area (Å²) in [7, 11) is 0. The van der Waals surface area contributed by atoms with Gasteiger partial charge < -0.3 is 14.8 Å². The highest BCUT2D eigenvalue weighted by molar-refractivity contribution is 5.70. The molecule has 0 aliphatic heterocycles. The van der Waals surface area contributed by atoms with E-state index >= 15 is 0 Å². The first-order valence-electron chi connectivity index (χ1n) is 9.04. The molecule has 1 fully saturated rings. The van der Waals surface area contributed by atoms with E-state index in [4.69, 9.17) is 4.74 Å². The number of hydrogen-bond donors (Lipinski definition) is 2. The highest BCUT2D eigenvalue weighted by Gasteiger charge is 2.23. The van der Waals surface area contributed by atoms with E-state index in [1.165, 1.54) is 12.8 Å². The number of nitrogens with zero attached hydrogens (tertiary/aromatic N) is 3. The van der Waals surface area contributed by atoms with Gasteiger partial charge in [0.1, 0.15) is 12.4 Å². The van der Waals surface area contributed by atoms with Crippen LogP contribution in [0.4, 0.5) is 0 Å². The molecular formula is C19H22N4O3. The summed E-state index contributed by atoms with van der Waals surface area (Å²) in [4.78, 5) is 24.4. The van der Waals surface area contributed by atoms with Crippen LogP contribution in [0.3, 0.4) is 0 Å². The highest BCUT2D eigenvalue weighted by Crippen LogP contribution is 2.33.